The number of aromatic nitrogens is 3. The first-order valence-electron chi connectivity index (χ1n) is 12.9. The molecule has 0 bridgehead atoms. The van der Waals surface area contributed by atoms with Crippen molar-refractivity contribution in [1.82, 2.24) is 15.2 Å². The molecular formula is C28H23F4N7O2. The molecule has 2 aliphatic rings. The molecule has 6 rings (SSSR count). The van der Waals surface area contributed by atoms with Crippen LogP contribution in [0.2, 0.25) is 0 Å². The Morgan fingerprint density at radius 3 is 2.49 bits per heavy atom. The third-order valence-electron chi connectivity index (χ3n) is 6.84. The van der Waals surface area contributed by atoms with Crippen LogP contribution in [-0.4, -0.2) is 52.2 Å². The molecule has 4 heterocycles. The van der Waals surface area contributed by atoms with Crippen LogP contribution in [0.15, 0.2) is 76.3 Å². The van der Waals surface area contributed by atoms with Crippen molar-refractivity contribution >= 4 is 29.0 Å². The summed E-state index contributed by atoms with van der Waals surface area (Å²) in [5.41, 5.74) is 1.80. The lowest BCUT2D eigenvalue weighted by Crippen LogP contribution is -2.35. The molecule has 210 valence electrons. The van der Waals surface area contributed by atoms with Gasteiger partial charge in [0.2, 0.25) is 6.17 Å². The largest absolute Gasteiger partial charge is 0.417 e. The topological polar surface area (TPSA) is 109 Å². The number of fused-ring (bicyclic) bond motifs is 1. The van der Waals surface area contributed by atoms with E-state index >= 15 is 0 Å². The lowest BCUT2D eigenvalue weighted by Gasteiger charge is -2.31. The number of piperidine rings is 1. The van der Waals surface area contributed by atoms with E-state index in [1.807, 2.05) is 42.5 Å². The molecule has 41 heavy (non-hydrogen) atoms. The molecule has 2 N–H and O–H groups in total. The van der Waals surface area contributed by atoms with Crippen LogP contribution in [-0.2, 0) is 11.0 Å². The monoisotopic (exact) mass is 565 g/mol. The number of benzene rings is 2. The predicted molar refractivity (Wildman–Crippen MR) is 143 cm³/mol. The van der Waals surface area contributed by atoms with E-state index in [0.29, 0.717) is 17.6 Å². The van der Waals surface area contributed by atoms with E-state index in [-0.39, 0.29) is 49.2 Å². The van der Waals surface area contributed by atoms with Crippen LogP contribution >= 0.6 is 0 Å². The van der Waals surface area contributed by atoms with Crippen LogP contribution in [0.3, 0.4) is 0 Å². The average Bonchev–Trinajstić information content (AvgIpc) is 3.38. The quantitative estimate of drug-likeness (QED) is 0.316. The molecule has 13 heteroatoms. The third kappa shape index (κ3) is 5.47. The second kappa shape index (κ2) is 10.6. The maximum atomic E-state index is 13.8. The minimum Gasteiger partial charge on any atom is -0.402 e. The Balaban J connectivity index is 1.33. The Hall–Kier alpha value is -4.81. The lowest BCUT2D eigenvalue weighted by atomic mass is 10.0. The molecule has 0 aliphatic carbocycles. The Labute approximate surface area is 231 Å². The van der Waals surface area contributed by atoms with Gasteiger partial charge < -0.3 is 20.0 Å². The van der Waals surface area contributed by atoms with Gasteiger partial charge in [0.15, 0.2) is 5.69 Å². The van der Waals surface area contributed by atoms with Gasteiger partial charge in [-0.2, -0.15) is 13.2 Å². The molecule has 0 radical (unpaired) electrons. The van der Waals surface area contributed by atoms with Crippen molar-refractivity contribution in [2.45, 2.75) is 31.4 Å². The van der Waals surface area contributed by atoms with Crippen LogP contribution in [0.5, 0.6) is 0 Å². The highest BCUT2D eigenvalue weighted by molar-refractivity contribution is 6.19. The molecule has 9 nitrogen and oxygen atoms in total. The number of nitrogens with zero attached hydrogens (tertiary/aromatic N) is 5. The number of alkyl halides is 4. The second-order valence-electron chi connectivity index (χ2n) is 9.59. The predicted octanol–water partition coefficient (Wildman–Crippen LogP) is 5.32. The van der Waals surface area contributed by atoms with Gasteiger partial charge in [0.05, 0.1) is 22.6 Å². The zero-order valence-corrected chi connectivity index (χ0v) is 21.4. The number of amides is 1. The van der Waals surface area contributed by atoms with Gasteiger partial charge in [-0.3, -0.25) is 4.79 Å². The van der Waals surface area contributed by atoms with Gasteiger partial charge in [0.25, 0.3) is 11.8 Å². The Morgan fingerprint density at radius 1 is 1.00 bits per heavy atom. The highest BCUT2D eigenvalue weighted by atomic mass is 19.4. The molecule has 1 fully saturated rings. The van der Waals surface area contributed by atoms with Gasteiger partial charge in [-0.1, -0.05) is 53.6 Å². The fraction of sp³-hybridized carbons (Fsp3) is 0.250. The first kappa shape index (κ1) is 26.4. The molecule has 1 amide bonds. The highest BCUT2D eigenvalue weighted by Gasteiger charge is 2.34. The van der Waals surface area contributed by atoms with Crippen LogP contribution < -0.4 is 15.5 Å². The van der Waals surface area contributed by atoms with Crippen molar-refractivity contribution in [2.24, 2.45) is 4.99 Å². The highest BCUT2D eigenvalue weighted by Crippen LogP contribution is 2.37. The number of hydrogen-bond acceptors (Lipinski definition) is 8. The zero-order valence-electron chi connectivity index (χ0n) is 21.4. The number of rotatable bonds is 5. The summed E-state index contributed by atoms with van der Waals surface area (Å²) in [7, 11) is 0. The number of hydrogen-bond donors (Lipinski definition) is 2. The van der Waals surface area contributed by atoms with Crippen LogP contribution in [0.4, 0.5) is 35.0 Å². The number of anilines is 3. The van der Waals surface area contributed by atoms with Crippen molar-refractivity contribution in [2.75, 3.05) is 28.6 Å². The number of halogens is 4. The maximum Gasteiger partial charge on any atom is 0.417 e. The van der Waals surface area contributed by atoms with Crippen LogP contribution in [0, 0.1) is 0 Å². The van der Waals surface area contributed by atoms with Gasteiger partial charge in [0, 0.05) is 30.4 Å². The van der Waals surface area contributed by atoms with Crippen molar-refractivity contribution in [3.63, 3.8) is 0 Å². The van der Waals surface area contributed by atoms with Gasteiger partial charge >= 0.3 is 12.2 Å². The minimum absolute atomic E-state index is 0.0158. The smallest absolute Gasteiger partial charge is 0.402 e. The van der Waals surface area contributed by atoms with Crippen molar-refractivity contribution in [3.8, 4) is 11.6 Å². The number of para-hydroxylation sites is 1. The van der Waals surface area contributed by atoms with Crippen molar-refractivity contribution in [3.05, 3.63) is 83.6 Å². The Morgan fingerprint density at radius 2 is 1.73 bits per heavy atom. The van der Waals surface area contributed by atoms with Gasteiger partial charge in [-0.05, 0) is 25.0 Å². The fourth-order valence-corrected chi connectivity index (χ4v) is 4.78. The van der Waals surface area contributed by atoms with E-state index in [1.54, 1.807) is 17.0 Å². The summed E-state index contributed by atoms with van der Waals surface area (Å²) in [5, 5.41) is 13.6. The summed E-state index contributed by atoms with van der Waals surface area (Å²) in [6.45, 7) is 0.409. The van der Waals surface area contributed by atoms with E-state index in [9.17, 15) is 22.4 Å². The molecule has 2 aromatic carbocycles. The number of carbonyl (C=O) groups is 1. The lowest BCUT2D eigenvalue weighted by molar-refractivity contribution is -0.137. The van der Waals surface area contributed by atoms with E-state index in [4.69, 9.17) is 4.42 Å². The van der Waals surface area contributed by atoms with Crippen LogP contribution in [0.1, 0.15) is 29.5 Å². The average molecular weight is 566 g/mol. The summed E-state index contributed by atoms with van der Waals surface area (Å²) in [5.74, 6) is -0.645. The number of nitrogens with one attached hydrogen (secondary N) is 2. The normalized spacial score (nSPS) is 17.9. The van der Waals surface area contributed by atoms with E-state index < -0.39 is 30.0 Å². The molecule has 4 aromatic rings. The SMILES string of the molecule is O=C1Nc2ccccc2C(c2ccccc2)=N[C@@H]1Nc1nnc(-c2ncc(C(F)(F)F)cc2N2CCC(F)CC2)o1. The molecule has 2 aliphatic heterocycles. The van der Waals surface area contributed by atoms with Crippen molar-refractivity contribution in [1.29, 1.82) is 0 Å². The molecule has 1 saturated heterocycles. The van der Waals surface area contributed by atoms with E-state index in [2.05, 4.69) is 30.8 Å². The zero-order chi connectivity index (χ0) is 28.6. The molecule has 0 unspecified atom stereocenters. The summed E-state index contributed by atoms with van der Waals surface area (Å²) >= 11 is 0. The molecule has 2 aromatic heterocycles. The third-order valence-corrected chi connectivity index (χ3v) is 6.84. The Bertz CT molecular complexity index is 1600. The van der Waals surface area contributed by atoms with Crippen LogP contribution in [0.25, 0.3) is 11.6 Å². The molecule has 0 saturated carbocycles. The number of carbonyl (C=O) groups excluding carboxylic acids is 1. The van der Waals surface area contributed by atoms with Crippen molar-refractivity contribution < 1.29 is 26.8 Å². The van der Waals surface area contributed by atoms with E-state index in [1.165, 1.54) is 0 Å². The number of pyridine rings is 1. The maximum absolute atomic E-state index is 13.8. The standard InChI is InChI=1S/C28H23F4N7O2/c29-18-10-12-39(13-11-18)21-14-17(28(30,31)32)15-33-23(21)26-37-38-27(41-26)36-24-25(40)34-20-9-5-4-8-19(20)22(35-24)16-6-2-1-3-7-16/h1-9,14-15,18,24H,10-13H2,(H,34,40)(H,36,38)/t24-/m1/s1. The molecule has 1 atom stereocenters. The molecule has 0 spiro atoms. The van der Waals surface area contributed by atoms with Gasteiger partial charge in [-0.15, -0.1) is 5.10 Å². The first-order valence-corrected chi connectivity index (χ1v) is 12.9. The van der Waals surface area contributed by atoms with E-state index in [0.717, 1.165) is 17.2 Å². The summed E-state index contributed by atoms with van der Waals surface area (Å²) < 4.78 is 60.0. The Kier molecular flexibility index (Phi) is 6.85. The van der Waals surface area contributed by atoms with Gasteiger partial charge in [0.1, 0.15) is 6.17 Å². The number of aliphatic imine (C=N–C) groups is 1. The van der Waals surface area contributed by atoms with Gasteiger partial charge in [-0.25, -0.2) is 14.4 Å². The minimum atomic E-state index is -4.63. The molecular weight excluding hydrogens is 542 g/mol. The number of benzodiazepines with no additional fused rings is 1. The summed E-state index contributed by atoms with van der Waals surface area (Å²) in [6.07, 6.45) is -5.79. The summed E-state index contributed by atoms with van der Waals surface area (Å²) in [6, 6.07) is 17.3. The fourth-order valence-electron chi connectivity index (χ4n) is 4.78. The summed E-state index contributed by atoms with van der Waals surface area (Å²) in [4.78, 5) is 23.4. The second-order valence-corrected chi connectivity index (χ2v) is 9.59. The first-order chi connectivity index (χ1) is 19.8.